The van der Waals surface area contributed by atoms with Gasteiger partial charge in [0.05, 0.1) is 9.90 Å². The first-order valence-electron chi connectivity index (χ1n) is 5.07. The zero-order chi connectivity index (χ0) is 13.2. The minimum atomic E-state index is -3.71. The van der Waals surface area contributed by atoms with Gasteiger partial charge in [-0.3, -0.25) is 5.10 Å². The summed E-state index contributed by atoms with van der Waals surface area (Å²) in [7, 11) is -3.71. The van der Waals surface area contributed by atoms with Crippen LogP contribution in [0.3, 0.4) is 0 Å². The lowest BCUT2D eigenvalue weighted by Crippen LogP contribution is -1.97. The van der Waals surface area contributed by atoms with Gasteiger partial charge in [-0.15, -0.1) is 11.3 Å². The Bertz CT molecular complexity index is 637. The molecule has 0 aliphatic carbocycles. The molecule has 0 unspecified atom stereocenters. The third-order valence-corrected chi connectivity index (χ3v) is 4.96. The monoisotopic (exact) mass is 346 g/mol. The minimum Gasteiger partial charge on any atom is -0.342 e. The molecule has 0 fully saturated rings. The number of nitrogens with zero attached hydrogens (tertiary/aromatic N) is 3. The van der Waals surface area contributed by atoms with Gasteiger partial charge in [-0.1, -0.05) is 22.9 Å². The first kappa shape index (κ1) is 13.4. The Hall–Kier alpha value is -0.990. The van der Waals surface area contributed by atoms with Crippen molar-refractivity contribution in [3.63, 3.8) is 0 Å². The molecule has 0 aliphatic heterocycles. The maximum absolute atomic E-state index is 12.0. The highest BCUT2D eigenvalue weighted by Gasteiger charge is 2.10. The van der Waals surface area contributed by atoms with Gasteiger partial charge < -0.3 is 9.82 Å². The van der Waals surface area contributed by atoms with Crippen molar-refractivity contribution in [2.75, 3.05) is 0 Å². The predicted molar refractivity (Wildman–Crippen MR) is 73.6 cm³/mol. The fourth-order valence-corrected chi connectivity index (χ4v) is 3.24. The number of hydrogen-bond acceptors (Lipinski definition) is 5. The van der Waals surface area contributed by atoms with Crippen molar-refractivity contribution in [1.82, 2.24) is 10.2 Å². The van der Waals surface area contributed by atoms with E-state index in [1.54, 1.807) is 12.1 Å². The van der Waals surface area contributed by atoms with E-state index in [0.717, 1.165) is 9.48 Å². The molecule has 5 nitrogen and oxygen atoms in total. The highest BCUT2D eigenvalue weighted by atomic mass is 79.9. The first-order chi connectivity index (χ1) is 8.51. The Kier molecular flexibility index (Phi) is 3.98. The minimum absolute atomic E-state index is 0.138. The SMILES string of the molecule is CCc1nnc([N-]S(=O)(=O)c2ccc(Br)cc2)s1. The third-order valence-electron chi connectivity index (χ3n) is 2.07. The Morgan fingerprint density at radius 1 is 1.28 bits per heavy atom. The van der Waals surface area contributed by atoms with Gasteiger partial charge in [-0.2, -0.15) is 0 Å². The van der Waals surface area contributed by atoms with E-state index in [-0.39, 0.29) is 10.0 Å². The van der Waals surface area contributed by atoms with Gasteiger partial charge in [0.1, 0.15) is 0 Å². The van der Waals surface area contributed by atoms with Gasteiger partial charge in [0.15, 0.2) is 0 Å². The summed E-state index contributed by atoms with van der Waals surface area (Å²) in [4.78, 5) is 0.138. The zero-order valence-corrected chi connectivity index (χ0v) is 12.6. The quantitative estimate of drug-likeness (QED) is 0.851. The summed E-state index contributed by atoms with van der Waals surface area (Å²) in [6, 6.07) is 6.29. The molecule has 0 radical (unpaired) electrons. The van der Waals surface area contributed by atoms with E-state index < -0.39 is 10.0 Å². The molecule has 18 heavy (non-hydrogen) atoms. The van der Waals surface area contributed by atoms with E-state index in [1.165, 1.54) is 23.5 Å². The molecule has 1 aromatic heterocycles. The molecule has 0 N–H and O–H groups in total. The molecule has 2 rings (SSSR count). The Morgan fingerprint density at radius 3 is 2.50 bits per heavy atom. The topological polar surface area (TPSA) is 74.0 Å². The van der Waals surface area contributed by atoms with Crippen LogP contribution in [0.15, 0.2) is 33.6 Å². The number of benzene rings is 1. The molecule has 0 bridgehead atoms. The number of rotatable bonds is 4. The smallest absolute Gasteiger partial charge is 0.203 e. The number of halogens is 1. The Balaban J connectivity index is 2.24. The van der Waals surface area contributed by atoms with E-state index in [4.69, 9.17) is 0 Å². The van der Waals surface area contributed by atoms with Gasteiger partial charge in [-0.05, 0) is 30.7 Å². The molecular weight excluding hydrogens is 338 g/mol. The Labute approximate surface area is 117 Å². The second-order valence-electron chi connectivity index (χ2n) is 3.35. The Morgan fingerprint density at radius 2 is 1.94 bits per heavy atom. The summed E-state index contributed by atoms with van der Waals surface area (Å²) in [5, 5.41) is 8.48. The lowest BCUT2D eigenvalue weighted by Gasteiger charge is -2.10. The molecule has 96 valence electrons. The molecule has 0 saturated carbocycles. The maximum atomic E-state index is 12.0. The van der Waals surface area contributed by atoms with Gasteiger partial charge in [0, 0.05) is 9.60 Å². The maximum Gasteiger partial charge on any atom is 0.203 e. The van der Waals surface area contributed by atoms with Crippen molar-refractivity contribution in [1.29, 1.82) is 0 Å². The molecule has 0 spiro atoms. The van der Waals surface area contributed by atoms with Crippen LogP contribution >= 0.6 is 27.3 Å². The predicted octanol–water partition coefficient (Wildman–Crippen LogP) is 3.26. The molecule has 1 heterocycles. The summed E-state index contributed by atoms with van der Waals surface area (Å²) >= 11 is 4.43. The second kappa shape index (κ2) is 5.33. The van der Waals surface area contributed by atoms with E-state index in [1.807, 2.05) is 6.92 Å². The van der Waals surface area contributed by atoms with Crippen molar-refractivity contribution in [3.05, 3.63) is 38.5 Å². The number of aromatic nitrogens is 2. The fourth-order valence-electron chi connectivity index (χ4n) is 1.19. The highest BCUT2D eigenvalue weighted by molar-refractivity contribution is 9.10. The molecule has 8 heteroatoms. The molecular formula is C10H9BrN3O2S2-. The molecule has 2 aromatic rings. The van der Waals surface area contributed by atoms with Crippen LogP contribution in [0.4, 0.5) is 5.13 Å². The van der Waals surface area contributed by atoms with Crippen LogP contribution in [0.25, 0.3) is 4.72 Å². The van der Waals surface area contributed by atoms with Crippen molar-refractivity contribution < 1.29 is 8.42 Å². The summed E-state index contributed by atoms with van der Waals surface area (Å²) in [5.74, 6) is 0. The van der Waals surface area contributed by atoms with Gasteiger partial charge in [-0.25, -0.2) is 8.42 Å². The summed E-state index contributed by atoms with van der Waals surface area (Å²) in [5.41, 5.74) is 0. The van der Waals surface area contributed by atoms with Gasteiger partial charge in [0.2, 0.25) is 10.0 Å². The highest BCUT2D eigenvalue weighted by Crippen LogP contribution is 2.30. The van der Waals surface area contributed by atoms with Crippen molar-refractivity contribution in [2.45, 2.75) is 18.2 Å². The molecule has 0 saturated heterocycles. The van der Waals surface area contributed by atoms with E-state index in [2.05, 4.69) is 30.8 Å². The average molecular weight is 347 g/mol. The third kappa shape index (κ3) is 3.06. The molecule has 0 amide bonds. The van der Waals surface area contributed by atoms with Crippen LogP contribution in [0.5, 0.6) is 0 Å². The van der Waals surface area contributed by atoms with Crippen LogP contribution in [-0.4, -0.2) is 18.6 Å². The largest absolute Gasteiger partial charge is 0.342 e. The van der Waals surface area contributed by atoms with Crippen LogP contribution in [0.1, 0.15) is 11.9 Å². The molecule has 0 atom stereocenters. The summed E-state index contributed by atoms with van der Waals surface area (Å²) in [6.07, 6.45) is 0.714. The number of hydrogen-bond donors (Lipinski definition) is 0. The number of sulfonamides is 1. The molecule has 1 aromatic carbocycles. The second-order valence-corrected chi connectivity index (χ2v) is 6.91. The number of aryl methyl sites for hydroxylation is 1. The van der Waals surface area contributed by atoms with Crippen molar-refractivity contribution >= 4 is 42.4 Å². The van der Waals surface area contributed by atoms with E-state index in [9.17, 15) is 8.42 Å². The first-order valence-corrected chi connectivity index (χ1v) is 8.12. The summed E-state index contributed by atoms with van der Waals surface area (Å²) in [6.45, 7) is 1.92. The lowest BCUT2D eigenvalue weighted by molar-refractivity contribution is 0.603. The van der Waals surface area contributed by atoms with E-state index >= 15 is 0 Å². The lowest BCUT2D eigenvalue weighted by atomic mass is 10.4. The van der Waals surface area contributed by atoms with Crippen LogP contribution in [-0.2, 0) is 16.4 Å². The van der Waals surface area contributed by atoms with Gasteiger partial charge >= 0.3 is 0 Å². The van der Waals surface area contributed by atoms with Gasteiger partial charge in [0.25, 0.3) is 0 Å². The van der Waals surface area contributed by atoms with Crippen molar-refractivity contribution in [2.24, 2.45) is 0 Å². The van der Waals surface area contributed by atoms with Crippen LogP contribution < -0.4 is 0 Å². The normalized spacial score (nSPS) is 11.4. The van der Waals surface area contributed by atoms with Crippen LogP contribution in [0, 0.1) is 0 Å². The zero-order valence-electron chi connectivity index (χ0n) is 9.37. The summed E-state index contributed by atoms with van der Waals surface area (Å²) < 4.78 is 28.4. The van der Waals surface area contributed by atoms with Crippen molar-refractivity contribution in [3.8, 4) is 0 Å². The average Bonchev–Trinajstić information content (AvgIpc) is 2.76. The van der Waals surface area contributed by atoms with E-state index in [0.29, 0.717) is 6.42 Å². The standard InChI is InChI=1S/C10H9BrN3O2S2/c1-2-9-12-13-10(17-9)14-18(15,16)8-5-3-7(11)4-6-8/h3-6H,2H2,1H3/q-1. The fraction of sp³-hybridized carbons (Fsp3) is 0.200. The van der Waals surface area contributed by atoms with Crippen LogP contribution in [0.2, 0.25) is 0 Å². The molecule has 0 aliphatic rings.